The number of ether oxygens (including phenoxy) is 3. The molecule has 2 rings (SSSR count). The Balaban J connectivity index is 1.93. The van der Waals surface area contributed by atoms with Crippen molar-refractivity contribution >= 4 is 11.7 Å². The molecule has 1 atom stereocenters. The van der Waals surface area contributed by atoms with Crippen molar-refractivity contribution in [1.29, 1.82) is 5.26 Å². The fourth-order valence-corrected chi connectivity index (χ4v) is 2.14. The Kier molecular flexibility index (Phi) is 6.45. The predicted octanol–water partition coefficient (Wildman–Crippen LogP) is 2.63. The van der Waals surface area contributed by atoms with Gasteiger partial charge in [0.05, 0.1) is 12.7 Å². The third kappa shape index (κ3) is 5.31. The summed E-state index contributed by atoms with van der Waals surface area (Å²) in [5, 5.41) is 11.9. The van der Waals surface area contributed by atoms with Crippen molar-refractivity contribution < 1.29 is 19.0 Å². The highest BCUT2D eigenvalue weighted by atomic mass is 16.5. The molecule has 1 aromatic carbocycles. The monoisotopic (exact) mass is 316 g/mol. The fourth-order valence-electron chi connectivity index (χ4n) is 2.14. The van der Waals surface area contributed by atoms with Gasteiger partial charge in [0.2, 0.25) is 0 Å². The molecule has 0 aliphatic carbocycles. The maximum atomic E-state index is 11.5. The summed E-state index contributed by atoms with van der Waals surface area (Å²) in [6.45, 7) is 3.23. The minimum atomic E-state index is -0.645. The van der Waals surface area contributed by atoms with Crippen LogP contribution < -0.4 is 10.1 Å². The minimum Gasteiger partial charge on any atom is -0.491 e. The predicted molar refractivity (Wildman–Crippen MR) is 84.9 cm³/mol. The summed E-state index contributed by atoms with van der Waals surface area (Å²) in [7, 11) is 0. The lowest BCUT2D eigenvalue weighted by atomic mass is 10.2. The van der Waals surface area contributed by atoms with Gasteiger partial charge in [0, 0.05) is 24.6 Å². The van der Waals surface area contributed by atoms with E-state index in [-0.39, 0.29) is 18.3 Å². The molecule has 1 aromatic rings. The lowest BCUT2D eigenvalue weighted by Gasteiger charge is -2.12. The van der Waals surface area contributed by atoms with E-state index in [4.69, 9.17) is 19.5 Å². The zero-order chi connectivity index (χ0) is 16.5. The first-order valence-electron chi connectivity index (χ1n) is 7.61. The fraction of sp³-hybridized carbons (Fsp3) is 0.412. The third-order valence-electron chi connectivity index (χ3n) is 3.29. The highest BCUT2D eigenvalue weighted by molar-refractivity contribution is 5.93. The van der Waals surface area contributed by atoms with Gasteiger partial charge in [-0.2, -0.15) is 5.26 Å². The number of carbonyl (C=O) groups is 1. The van der Waals surface area contributed by atoms with Crippen LogP contribution in [0.5, 0.6) is 5.75 Å². The van der Waals surface area contributed by atoms with E-state index in [9.17, 15) is 4.79 Å². The number of nitrogens with one attached hydrogen (secondary N) is 1. The molecule has 1 saturated heterocycles. The zero-order valence-corrected chi connectivity index (χ0v) is 13.1. The van der Waals surface area contributed by atoms with Crippen molar-refractivity contribution in [2.45, 2.75) is 25.9 Å². The van der Waals surface area contributed by atoms with E-state index in [2.05, 4.69) is 5.32 Å². The van der Waals surface area contributed by atoms with Crippen molar-refractivity contribution in [1.82, 2.24) is 0 Å². The van der Waals surface area contributed by atoms with E-state index in [0.29, 0.717) is 18.0 Å². The third-order valence-corrected chi connectivity index (χ3v) is 3.29. The smallest absolute Gasteiger partial charge is 0.350 e. The Labute approximate surface area is 135 Å². The van der Waals surface area contributed by atoms with E-state index in [1.54, 1.807) is 13.0 Å². The number of hydrogen-bond donors (Lipinski definition) is 1. The molecular weight excluding hydrogens is 296 g/mol. The lowest BCUT2D eigenvalue weighted by Crippen LogP contribution is -2.16. The lowest BCUT2D eigenvalue weighted by molar-refractivity contribution is -0.138. The summed E-state index contributed by atoms with van der Waals surface area (Å²) in [6, 6.07) is 9.10. The number of nitriles is 1. The van der Waals surface area contributed by atoms with Crippen LogP contribution in [0.4, 0.5) is 5.69 Å². The number of rotatable bonds is 7. The Hall–Kier alpha value is -2.52. The number of carbonyl (C=O) groups excluding carboxylic acids is 1. The van der Waals surface area contributed by atoms with Crippen LogP contribution in [0.2, 0.25) is 0 Å². The standard InChI is InChI=1S/C17H20N2O4/c1-2-21-17(20)13(10-18)11-19-14-5-3-6-15(9-14)23-12-16-7-4-8-22-16/h3,5-6,9,11,16,19H,2,4,7-8,12H2,1H3/b13-11-. The summed E-state index contributed by atoms with van der Waals surface area (Å²) < 4.78 is 16.0. The van der Waals surface area contributed by atoms with Crippen LogP contribution in [0.15, 0.2) is 36.0 Å². The van der Waals surface area contributed by atoms with Crippen molar-refractivity contribution in [2.75, 3.05) is 25.1 Å². The van der Waals surface area contributed by atoms with Gasteiger partial charge in [0.1, 0.15) is 18.4 Å². The summed E-state index contributed by atoms with van der Waals surface area (Å²) in [6.07, 6.45) is 3.58. The molecule has 1 heterocycles. The molecule has 122 valence electrons. The van der Waals surface area contributed by atoms with Crippen molar-refractivity contribution in [3.8, 4) is 11.8 Å². The molecule has 1 aliphatic heterocycles. The topological polar surface area (TPSA) is 80.6 Å². The molecule has 0 bridgehead atoms. The van der Waals surface area contributed by atoms with Crippen molar-refractivity contribution in [2.24, 2.45) is 0 Å². The van der Waals surface area contributed by atoms with E-state index in [1.165, 1.54) is 6.20 Å². The molecule has 0 radical (unpaired) electrons. The van der Waals surface area contributed by atoms with Gasteiger partial charge < -0.3 is 19.5 Å². The average Bonchev–Trinajstić information content (AvgIpc) is 3.08. The normalized spacial score (nSPS) is 17.4. The highest BCUT2D eigenvalue weighted by Crippen LogP contribution is 2.20. The van der Waals surface area contributed by atoms with Gasteiger partial charge in [0.15, 0.2) is 5.57 Å². The second kappa shape index (κ2) is 8.81. The molecule has 6 heteroatoms. The SMILES string of the molecule is CCOC(=O)/C(C#N)=C\Nc1cccc(OCC2CCCO2)c1. The number of nitrogens with zero attached hydrogens (tertiary/aromatic N) is 1. The van der Waals surface area contributed by atoms with Gasteiger partial charge in [-0.3, -0.25) is 0 Å². The summed E-state index contributed by atoms with van der Waals surface area (Å²) in [5.74, 6) is 0.0572. The quantitative estimate of drug-likeness (QED) is 0.473. The first-order chi connectivity index (χ1) is 11.2. The summed E-state index contributed by atoms with van der Waals surface area (Å²) >= 11 is 0. The van der Waals surface area contributed by atoms with Crippen LogP contribution in [0, 0.1) is 11.3 Å². The van der Waals surface area contributed by atoms with Crippen LogP contribution in [-0.4, -0.2) is 31.9 Å². The summed E-state index contributed by atoms with van der Waals surface area (Å²) in [5.41, 5.74) is 0.629. The number of esters is 1. The van der Waals surface area contributed by atoms with Crippen molar-refractivity contribution in [3.63, 3.8) is 0 Å². The first kappa shape index (κ1) is 16.8. The molecule has 1 N–H and O–H groups in total. The van der Waals surface area contributed by atoms with Crippen LogP contribution in [0.25, 0.3) is 0 Å². The Morgan fingerprint density at radius 2 is 2.43 bits per heavy atom. The van der Waals surface area contributed by atoms with Crippen LogP contribution in [-0.2, 0) is 14.3 Å². The molecule has 1 unspecified atom stereocenters. The highest BCUT2D eigenvalue weighted by Gasteiger charge is 2.16. The Morgan fingerprint density at radius 3 is 3.13 bits per heavy atom. The maximum absolute atomic E-state index is 11.5. The Morgan fingerprint density at radius 1 is 1.57 bits per heavy atom. The number of hydrogen-bond acceptors (Lipinski definition) is 6. The van der Waals surface area contributed by atoms with Crippen LogP contribution in [0.3, 0.4) is 0 Å². The van der Waals surface area contributed by atoms with Crippen LogP contribution >= 0.6 is 0 Å². The molecule has 0 saturated carbocycles. The van der Waals surface area contributed by atoms with Crippen LogP contribution in [0.1, 0.15) is 19.8 Å². The first-order valence-corrected chi connectivity index (χ1v) is 7.61. The minimum absolute atomic E-state index is 0.0856. The largest absolute Gasteiger partial charge is 0.491 e. The van der Waals surface area contributed by atoms with E-state index >= 15 is 0 Å². The molecule has 0 amide bonds. The maximum Gasteiger partial charge on any atom is 0.350 e. The molecule has 23 heavy (non-hydrogen) atoms. The van der Waals surface area contributed by atoms with E-state index < -0.39 is 5.97 Å². The van der Waals surface area contributed by atoms with E-state index in [0.717, 1.165) is 19.4 Å². The molecule has 1 fully saturated rings. The number of benzene rings is 1. The second-order valence-corrected chi connectivity index (χ2v) is 5.01. The second-order valence-electron chi connectivity index (χ2n) is 5.01. The molecule has 0 spiro atoms. The van der Waals surface area contributed by atoms with Gasteiger partial charge in [-0.25, -0.2) is 4.79 Å². The van der Waals surface area contributed by atoms with E-state index in [1.807, 2.05) is 24.3 Å². The number of anilines is 1. The van der Waals surface area contributed by atoms with Gasteiger partial charge in [-0.1, -0.05) is 6.07 Å². The van der Waals surface area contributed by atoms with Gasteiger partial charge >= 0.3 is 5.97 Å². The average molecular weight is 316 g/mol. The zero-order valence-electron chi connectivity index (χ0n) is 13.1. The summed E-state index contributed by atoms with van der Waals surface area (Å²) in [4.78, 5) is 11.5. The van der Waals surface area contributed by atoms with Crippen molar-refractivity contribution in [3.05, 3.63) is 36.0 Å². The molecular formula is C17H20N2O4. The molecule has 0 aromatic heterocycles. The molecule has 1 aliphatic rings. The Bertz CT molecular complexity index is 601. The molecule has 6 nitrogen and oxygen atoms in total. The van der Waals surface area contributed by atoms with Gasteiger partial charge in [-0.05, 0) is 31.9 Å². The van der Waals surface area contributed by atoms with Gasteiger partial charge in [0.25, 0.3) is 0 Å². The van der Waals surface area contributed by atoms with Gasteiger partial charge in [-0.15, -0.1) is 0 Å².